The van der Waals surface area contributed by atoms with Gasteiger partial charge in [-0.3, -0.25) is 0 Å². The highest BCUT2D eigenvalue weighted by Crippen LogP contribution is 2.28. The minimum absolute atomic E-state index is 0.0835. The second-order valence-electron chi connectivity index (χ2n) is 3.71. The molecule has 2 aromatic rings. The fourth-order valence-corrected chi connectivity index (χ4v) is 2.17. The molecule has 0 aliphatic rings. The van der Waals surface area contributed by atoms with Crippen LogP contribution >= 0.6 is 11.8 Å². The number of carboxylic acid groups (broad SMARTS) is 1. The number of halogens is 3. The van der Waals surface area contributed by atoms with Gasteiger partial charge in [0.15, 0.2) is 17.5 Å². The van der Waals surface area contributed by atoms with Crippen LogP contribution in [-0.2, 0) is 0 Å². The number of nitrogens with two attached hydrogens (primary N) is 1. The van der Waals surface area contributed by atoms with Crippen molar-refractivity contribution >= 4 is 23.5 Å². The number of nitrogen functional groups attached to an aromatic ring is 1. The number of benzene rings is 1. The van der Waals surface area contributed by atoms with E-state index in [4.69, 9.17) is 10.8 Å². The first-order valence-corrected chi connectivity index (χ1v) is 6.40. The van der Waals surface area contributed by atoms with Gasteiger partial charge in [0.1, 0.15) is 16.4 Å². The van der Waals surface area contributed by atoms with E-state index in [1.807, 2.05) is 0 Å². The van der Waals surface area contributed by atoms with E-state index in [2.05, 4.69) is 5.10 Å². The monoisotopic (exact) mass is 303 g/mol. The molecule has 0 aliphatic carbocycles. The Balaban J connectivity index is 2.68. The molecule has 20 heavy (non-hydrogen) atoms. The van der Waals surface area contributed by atoms with E-state index in [0.29, 0.717) is 12.1 Å². The van der Waals surface area contributed by atoms with Crippen LogP contribution in [0.4, 0.5) is 19.0 Å². The van der Waals surface area contributed by atoms with Crippen molar-refractivity contribution in [1.29, 1.82) is 0 Å². The third kappa shape index (κ3) is 2.20. The molecule has 0 saturated heterocycles. The Morgan fingerprint density at radius 2 is 1.90 bits per heavy atom. The lowest BCUT2D eigenvalue weighted by Crippen LogP contribution is -2.07. The molecule has 0 saturated carbocycles. The van der Waals surface area contributed by atoms with Gasteiger partial charge < -0.3 is 10.8 Å². The molecule has 1 aromatic heterocycles. The van der Waals surface area contributed by atoms with Crippen LogP contribution in [-0.4, -0.2) is 27.1 Å². The molecule has 0 radical (unpaired) electrons. The van der Waals surface area contributed by atoms with Crippen molar-refractivity contribution in [2.75, 3.05) is 12.0 Å². The predicted molar refractivity (Wildman–Crippen MR) is 66.6 cm³/mol. The molecule has 106 valence electrons. The maximum Gasteiger partial charge on any atom is 0.342 e. The molecule has 0 unspecified atom stereocenters. The minimum atomic E-state index is -1.62. The Morgan fingerprint density at radius 3 is 2.30 bits per heavy atom. The van der Waals surface area contributed by atoms with Crippen molar-refractivity contribution in [2.45, 2.75) is 5.03 Å². The van der Waals surface area contributed by atoms with Crippen LogP contribution in [0.3, 0.4) is 0 Å². The molecule has 0 bridgehead atoms. The Labute approximate surface area is 115 Å². The van der Waals surface area contributed by atoms with Gasteiger partial charge in [-0.05, 0) is 6.26 Å². The quantitative estimate of drug-likeness (QED) is 0.671. The molecule has 0 spiro atoms. The average Bonchev–Trinajstić information content (AvgIpc) is 2.72. The first-order chi connectivity index (χ1) is 9.36. The third-order valence-electron chi connectivity index (χ3n) is 2.51. The molecule has 0 aliphatic heterocycles. The van der Waals surface area contributed by atoms with Gasteiger partial charge in [-0.15, -0.1) is 11.8 Å². The SMILES string of the molecule is CSc1nn(-c2cc(F)c(F)c(F)c2)c(N)c1C(=O)O. The zero-order valence-electron chi connectivity index (χ0n) is 10.0. The summed E-state index contributed by atoms with van der Waals surface area (Å²) in [5.74, 6) is -6.08. The highest BCUT2D eigenvalue weighted by molar-refractivity contribution is 7.98. The number of aromatic nitrogens is 2. The van der Waals surface area contributed by atoms with E-state index >= 15 is 0 Å². The van der Waals surface area contributed by atoms with E-state index in [1.165, 1.54) is 0 Å². The summed E-state index contributed by atoms with van der Waals surface area (Å²) in [7, 11) is 0. The number of hydrogen-bond donors (Lipinski definition) is 2. The fraction of sp³-hybridized carbons (Fsp3) is 0.0909. The van der Waals surface area contributed by atoms with Crippen molar-refractivity contribution in [3.05, 3.63) is 35.1 Å². The molecule has 1 heterocycles. The number of anilines is 1. The predicted octanol–water partition coefficient (Wildman–Crippen LogP) is 2.29. The zero-order valence-corrected chi connectivity index (χ0v) is 10.8. The summed E-state index contributed by atoms with van der Waals surface area (Å²) in [4.78, 5) is 11.1. The normalized spacial score (nSPS) is 10.8. The van der Waals surface area contributed by atoms with Crippen LogP contribution in [0.25, 0.3) is 5.69 Å². The maximum atomic E-state index is 13.2. The molecule has 2 rings (SSSR count). The highest BCUT2D eigenvalue weighted by Gasteiger charge is 2.23. The molecule has 0 atom stereocenters. The van der Waals surface area contributed by atoms with Crippen LogP contribution in [0.5, 0.6) is 0 Å². The van der Waals surface area contributed by atoms with Crippen molar-refractivity contribution < 1.29 is 23.1 Å². The van der Waals surface area contributed by atoms with Gasteiger partial charge in [0.2, 0.25) is 0 Å². The number of hydrogen-bond acceptors (Lipinski definition) is 4. The van der Waals surface area contributed by atoms with Gasteiger partial charge in [-0.1, -0.05) is 0 Å². The Hall–Kier alpha value is -2.16. The lowest BCUT2D eigenvalue weighted by atomic mass is 10.2. The summed E-state index contributed by atoms with van der Waals surface area (Å²) in [5, 5.41) is 13.0. The second-order valence-corrected chi connectivity index (χ2v) is 4.50. The van der Waals surface area contributed by atoms with Crippen LogP contribution in [0.15, 0.2) is 17.2 Å². The van der Waals surface area contributed by atoms with Gasteiger partial charge in [-0.2, -0.15) is 5.10 Å². The molecule has 5 nitrogen and oxygen atoms in total. The van der Waals surface area contributed by atoms with E-state index in [9.17, 15) is 18.0 Å². The zero-order chi connectivity index (χ0) is 15.0. The first-order valence-electron chi connectivity index (χ1n) is 5.17. The summed E-state index contributed by atoms with van der Waals surface area (Å²) in [6, 6.07) is 1.36. The van der Waals surface area contributed by atoms with E-state index in [1.54, 1.807) is 6.26 Å². The molecule has 1 aromatic carbocycles. The van der Waals surface area contributed by atoms with Gasteiger partial charge in [0, 0.05) is 12.1 Å². The summed E-state index contributed by atoms with van der Waals surface area (Å²) >= 11 is 1.01. The largest absolute Gasteiger partial charge is 0.477 e. The van der Waals surface area contributed by atoms with Crippen molar-refractivity contribution in [3.63, 3.8) is 0 Å². The average molecular weight is 303 g/mol. The van der Waals surface area contributed by atoms with Crippen molar-refractivity contribution in [3.8, 4) is 5.69 Å². The van der Waals surface area contributed by atoms with E-state index < -0.39 is 23.4 Å². The molecule has 9 heteroatoms. The second kappa shape index (κ2) is 5.08. The van der Waals surface area contributed by atoms with Crippen molar-refractivity contribution in [1.82, 2.24) is 9.78 Å². The summed E-state index contributed by atoms with van der Waals surface area (Å²) in [6.45, 7) is 0. The number of rotatable bonds is 3. The smallest absolute Gasteiger partial charge is 0.342 e. The Kier molecular flexibility index (Phi) is 3.62. The maximum absolute atomic E-state index is 13.2. The minimum Gasteiger partial charge on any atom is -0.477 e. The lowest BCUT2D eigenvalue weighted by Gasteiger charge is -2.05. The summed E-state index contributed by atoms with van der Waals surface area (Å²) in [6.07, 6.45) is 1.57. The van der Waals surface area contributed by atoms with Crippen LogP contribution in [0, 0.1) is 17.5 Å². The van der Waals surface area contributed by atoms with E-state index in [-0.39, 0.29) is 22.1 Å². The Morgan fingerprint density at radius 1 is 1.35 bits per heavy atom. The lowest BCUT2D eigenvalue weighted by molar-refractivity contribution is 0.0694. The Bertz CT molecular complexity index is 679. The number of aromatic carboxylic acids is 1. The standard InChI is InChI=1S/C11H8F3N3O2S/c1-20-10-7(11(18)19)9(15)17(16-10)4-2-5(12)8(14)6(13)3-4/h2-3H,15H2,1H3,(H,18,19). The van der Waals surface area contributed by atoms with Gasteiger partial charge in [0.25, 0.3) is 0 Å². The first kappa shape index (κ1) is 14.3. The third-order valence-corrected chi connectivity index (χ3v) is 3.18. The number of carbonyl (C=O) groups is 1. The molecular weight excluding hydrogens is 295 g/mol. The van der Waals surface area contributed by atoms with Gasteiger partial charge in [-0.25, -0.2) is 22.6 Å². The van der Waals surface area contributed by atoms with Crippen LogP contribution in [0.1, 0.15) is 10.4 Å². The van der Waals surface area contributed by atoms with Crippen LogP contribution < -0.4 is 5.73 Å². The molecule has 0 fully saturated rings. The van der Waals surface area contributed by atoms with Crippen LogP contribution in [0.2, 0.25) is 0 Å². The number of carboxylic acids is 1. The van der Waals surface area contributed by atoms with Gasteiger partial charge >= 0.3 is 5.97 Å². The van der Waals surface area contributed by atoms with E-state index in [0.717, 1.165) is 16.4 Å². The summed E-state index contributed by atoms with van der Waals surface area (Å²) in [5.41, 5.74) is 5.14. The topological polar surface area (TPSA) is 81.1 Å². The number of thioether (sulfide) groups is 1. The summed E-state index contributed by atoms with van der Waals surface area (Å²) < 4.78 is 40.1. The van der Waals surface area contributed by atoms with Gasteiger partial charge in [0.05, 0.1) is 5.69 Å². The molecule has 3 N–H and O–H groups in total. The molecule has 0 amide bonds. The van der Waals surface area contributed by atoms with Crippen molar-refractivity contribution in [2.24, 2.45) is 0 Å². The fourth-order valence-electron chi connectivity index (χ4n) is 1.62. The highest BCUT2D eigenvalue weighted by atomic mass is 32.2. The number of nitrogens with zero attached hydrogens (tertiary/aromatic N) is 2. The molecular formula is C11H8F3N3O2S.